The summed E-state index contributed by atoms with van der Waals surface area (Å²) >= 11 is 0. The van der Waals surface area contributed by atoms with E-state index in [1.54, 1.807) is 6.92 Å². The molecule has 0 fully saturated rings. The number of amides is 1. The lowest BCUT2D eigenvalue weighted by atomic mass is 9.99. The van der Waals surface area contributed by atoms with Crippen LogP contribution in [0.25, 0.3) is 0 Å². The van der Waals surface area contributed by atoms with Crippen LogP contribution < -0.4 is 10.6 Å². The second-order valence-electron chi connectivity index (χ2n) is 4.67. The maximum atomic E-state index is 11.9. The van der Waals surface area contributed by atoms with Gasteiger partial charge in [-0.25, -0.2) is 0 Å². The molecule has 92 valence electrons. The summed E-state index contributed by atoms with van der Waals surface area (Å²) in [4.78, 5) is 11.9. The highest BCUT2D eigenvalue weighted by atomic mass is 16.3. The van der Waals surface area contributed by atoms with Crippen LogP contribution in [0.1, 0.15) is 29.7 Å². The van der Waals surface area contributed by atoms with Crippen molar-refractivity contribution in [2.75, 3.05) is 11.9 Å². The van der Waals surface area contributed by atoms with Crippen molar-refractivity contribution in [1.29, 1.82) is 0 Å². The van der Waals surface area contributed by atoms with E-state index in [4.69, 9.17) is 0 Å². The molecule has 0 saturated heterocycles. The van der Waals surface area contributed by atoms with E-state index in [1.807, 2.05) is 26.0 Å². The summed E-state index contributed by atoms with van der Waals surface area (Å²) in [6.45, 7) is 6.08. The third-order valence-electron chi connectivity index (χ3n) is 3.09. The van der Waals surface area contributed by atoms with Crippen molar-refractivity contribution in [3.8, 4) is 0 Å². The van der Waals surface area contributed by atoms with Crippen molar-refractivity contribution >= 4 is 11.6 Å². The van der Waals surface area contributed by atoms with Gasteiger partial charge in [-0.2, -0.15) is 0 Å². The van der Waals surface area contributed by atoms with Gasteiger partial charge in [0.2, 0.25) is 5.91 Å². The lowest BCUT2D eigenvalue weighted by Crippen LogP contribution is -2.33. The lowest BCUT2D eigenvalue weighted by Gasteiger charge is -2.15. The van der Waals surface area contributed by atoms with Crippen molar-refractivity contribution < 1.29 is 9.90 Å². The fraction of sp³-hybridized carbons (Fsp3) is 0.462. The van der Waals surface area contributed by atoms with E-state index in [-0.39, 0.29) is 11.9 Å². The van der Waals surface area contributed by atoms with Crippen LogP contribution in [-0.2, 0) is 4.79 Å². The predicted octanol–water partition coefficient (Wildman–Crippen LogP) is 1.27. The molecular formula is C13H18N2O2. The fourth-order valence-corrected chi connectivity index (χ4v) is 2.18. The van der Waals surface area contributed by atoms with Gasteiger partial charge in [0.25, 0.3) is 0 Å². The molecule has 0 bridgehead atoms. The molecule has 1 aromatic carbocycles. The van der Waals surface area contributed by atoms with Gasteiger partial charge in [0.15, 0.2) is 0 Å². The molecule has 2 rings (SSSR count). The van der Waals surface area contributed by atoms with Crippen LogP contribution in [0.3, 0.4) is 0 Å². The first-order valence-electron chi connectivity index (χ1n) is 5.83. The first kappa shape index (κ1) is 12.1. The summed E-state index contributed by atoms with van der Waals surface area (Å²) in [7, 11) is 0. The van der Waals surface area contributed by atoms with E-state index in [1.165, 1.54) is 0 Å². The Labute approximate surface area is 101 Å². The second-order valence-corrected chi connectivity index (χ2v) is 4.67. The number of rotatable bonds is 3. The van der Waals surface area contributed by atoms with Gasteiger partial charge in [-0.3, -0.25) is 10.1 Å². The van der Waals surface area contributed by atoms with E-state index >= 15 is 0 Å². The Hall–Kier alpha value is -1.39. The van der Waals surface area contributed by atoms with Crippen LogP contribution in [0, 0.1) is 13.8 Å². The summed E-state index contributed by atoms with van der Waals surface area (Å²) in [6.07, 6.45) is -0.461. The molecule has 0 saturated carbocycles. The number of carbonyl (C=O) groups is 1. The molecule has 1 aliphatic rings. The number of hydrogen-bond acceptors (Lipinski definition) is 3. The number of anilines is 1. The number of aliphatic hydroxyl groups is 1. The molecule has 0 aliphatic carbocycles. The molecule has 1 aromatic rings. The molecule has 4 nitrogen and oxygen atoms in total. The minimum atomic E-state index is -0.461. The standard InChI is InChI=1S/C13H18N2O2/c1-7-4-5-8(2)11-10(7)12(13(17)15-11)14-6-9(3)16/h4-5,9,12,14,16H,6H2,1-3H3,(H,15,17). The molecule has 1 heterocycles. The van der Waals surface area contributed by atoms with Gasteiger partial charge in [-0.1, -0.05) is 12.1 Å². The Morgan fingerprint density at radius 3 is 2.71 bits per heavy atom. The van der Waals surface area contributed by atoms with E-state index < -0.39 is 6.10 Å². The SMILES string of the molecule is Cc1ccc(C)c2c1NC(=O)C2NCC(C)O. The third-order valence-corrected chi connectivity index (χ3v) is 3.09. The molecule has 1 amide bonds. The molecule has 2 unspecified atom stereocenters. The highest BCUT2D eigenvalue weighted by molar-refractivity contribution is 6.03. The first-order valence-corrected chi connectivity index (χ1v) is 5.83. The van der Waals surface area contributed by atoms with Gasteiger partial charge >= 0.3 is 0 Å². The molecule has 1 aliphatic heterocycles. The fourth-order valence-electron chi connectivity index (χ4n) is 2.18. The van der Waals surface area contributed by atoms with E-state index in [0.29, 0.717) is 6.54 Å². The number of nitrogens with one attached hydrogen (secondary N) is 2. The molecular weight excluding hydrogens is 216 g/mol. The summed E-state index contributed by atoms with van der Waals surface area (Å²) in [6, 6.07) is 3.68. The van der Waals surface area contributed by atoms with Crippen LogP contribution in [0.2, 0.25) is 0 Å². The smallest absolute Gasteiger partial charge is 0.246 e. The number of fused-ring (bicyclic) bond motifs is 1. The van der Waals surface area contributed by atoms with Crippen molar-refractivity contribution in [3.05, 3.63) is 28.8 Å². The number of benzene rings is 1. The largest absolute Gasteiger partial charge is 0.392 e. The van der Waals surface area contributed by atoms with Crippen LogP contribution in [0.15, 0.2) is 12.1 Å². The summed E-state index contributed by atoms with van der Waals surface area (Å²) in [5, 5.41) is 15.3. The summed E-state index contributed by atoms with van der Waals surface area (Å²) in [5.41, 5.74) is 4.08. The highest BCUT2D eigenvalue weighted by Gasteiger charge is 2.32. The normalized spacial score (nSPS) is 20.0. The Morgan fingerprint density at radius 1 is 1.41 bits per heavy atom. The third kappa shape index (κ3) is 2.18. The maximum absolute atomic E-state index is 11.9. The topological polar surface area (TPSA) is 61.4 Å². The van der Waals surface area contributed by atoms with Gasteiger partial charge in [-0.15, -0.1) is 0 Å². The van der Waals surface area contributed by atoms with Gasteiger partial charge < -0.3 is 10.4 Å². The molecule has 0 radical (unpaired) electrons. The van der Waals surface area contributed by atoms with Crippen molar-refractivity contribution in [1.82, 2.24) is 5.32 Å². The summed E-state index contributed by atoms with van der Waals surface area (Å²) < 4.78 is 0. The van der Waals surface area contributed by atoms with Crippen LogP contribution >= 0.6 is 0 Å². The molecule has 2 atom stereocenters. The van der Waals surface area contributed by atoms with Gasteiger partial charge in [0, 0.05) is 17.8 Å². The number of carbonyl (C=O) groups excluding carboxylic acids is 1. The zero-order chi connectivity index (χ0) is 12.6. The van der Waals surface area contributed by atoms with Crippen molar-refractivity contribution in [2.24, 2.45) is 0 Å². The second kappa shape index (κ2) is 4.47. The number of aryl methyl sites for hydroxylation is 2. The minimum absolute atomic E-state index is 0.0435. The molecule has 0 aromatic heterocycles. The highest BCUT2D eigenvalue weighted by Crippen LogP contribution is 2.35. The average molecular weight is 234 g/mol. The molecule has 0 spiro atoms. The van der Waals surface area contributed by atoms with Crippen molar-refractivity contribution in [2.45, 2.75) is 32.9 Å². The maximum Gasteiger partial charge on any atom is 0.246 e. The van der Waals surface area contributed by atoms with Gasteiger partial charge in [0.1, 0.15) is 6.04 Å². The van der Waals surface area contributed by atoms with E-state index in [2.05, 4.69) is 10.6 Å². The predicted molar refractivity (Wildman–Crippen MR) is 67.0 cm³/mol. The molecule has 17 heavy (non-hydrogen) atoms. The zero-order valence-corrected chi connectivity index (χ0v) is 10.4. The molecule has 4 heteroatoms. The minimum Gasteiger partial charge on any atom is -0.392 e. The van der Waals surface area contributed by atoms with Gasteiger partial charge in [0.05, 0.1) is 6.10 Å². The Kier molecular flexibility index (Phi) is 3.17. The number of aliphatic hydroxyl groups excluding tert-OH is 1. The van der Waals surface area contributed by atoms with E-state index in [0.717, 1.165) is 22.4 Å². The summed E-state index contributed by atoms with van der Waals surface area (Å²) in [5.74, 6) is -0.0435. The quantitative estimate of drug-likeness (QED) is 0.738. The molecule has 3 N–H and O–H groups in total. The van der Waals surface area contributed by atoms with Crippen molar-refractivity contribution in [3.63, 3.8) is 0 Å². The van der Waals surface area contributed by atoms with Crippen LogP contribution in [-0.4, -0.2) is 23.7 Å². The monoisotopic (exact) mass is 234 g/mol. The average Bonchev–Trinajstić information content (AvgIpc) is 2.59. The number of hydrogen-bond donors (Lipinski definition) is 3. The van der Waals surface area contributed by atoms with Crippen LogP contribution in [0.5, 0.6) is 0 Å². The Balaban J connectivity index is 2.33. The van der Waals surface area contributed by atoms with E-state index in [9.17, 15) is 9.90 Å². The Morgan fingerprint density at radius 2 is 2.06 bits per heavy atom. The Bertz CT molecular complexity index is 455. The lowest BCUT2D eigenvalue weighted by molar-refractivity contribution is -0.117. The van der Waals surface area contributed by atoms with Crippen LogP contribution in [0.4, 0.5) is 5.69 Å². The van der Waals surface area contributed by atoms with Gasteiger partial charge in [-0.05, 0) is 31.9 Å². The zero-order valence-electron chi connectivity index (χ0n) is 10.4. The first-order chi connectivity index (χ1) is 8.00.